The largest absolute Gasteiger partial charge is 0.490 e. The number of aromatic amines is 2. The molecule has 3 heterocycles. The smallest absolute Gasteiger partial charge is 0.162 e. The summed E-state index contributed by atoms with van der Waals surface area (Å²) in [5, 5.41) is 9.73. The molecule has 0 atom stereocenters. The molecule has 3 rings (SSSR count). The zero-order valence-corrected chi connectivity index (χ0v) is 19.5. The molecule has 0 radical (unpaired) electrons. The average molecular weight is 433 g/mol. The maximum absolute atomic E-state index is 9.73. The second kappa shape index (κ2) is 12.8. The number of H-pyrrole nitrogens is 2. The molecule has 0 fully saturated rings. The molecule has 5 nitrogen and oxygen atoms in total. The maximum atomic E-state index is 9.73. The minimum Gasteiger partial charge on any atom is -0.490 e. The van der Waals surface area contributed by atoms with Gasteiger partial charge in [-0.2, -0.15) is 5.26 Å². The Morgan fingerprint density at radius 2 is 1.78 bits per heavy atom. The molecule has 0 unspecified atom stereocenters. The third-order valence-electron chi connectivity index (χ3n) is 5.80. The minimum atomic E-state index is 0.496. The molecule has 170 valence electrons. The van der Waals surface area contributed by atoms with Crippen LogP contribution in [0.4, 0.5) is 0 Å². The van der Waals surface area contributed by atoms with Crippen LogP contribution in [0.15, 0.2) is 41.2 Å². The fourth-order valence-electron chi connectivity index (χ4n) is 4.10. The highest BCUT2D eigenvalue weighted by Gasteiger charge is 2.20. The molecule has 0 spiro atoms. The van der Waals surface area contributed by atoms with Gasteiger partial charge in [-0.15, -0.1) is 0 Å². The highest BCUT2D eigenvalue weighted by atomic mass is 16.5. The van der Waals surface area contributed by atoms with Crippen LogP contribution in [0, 0.1) is 11.3 Å². The quantitative estimate of drug-likeness (QED) is 0.302. The molecular weight excluding hydrogens is 396 g/mol. The van der Waals surface area contributed by atoms with Gasteiger partial charge < -0.3 is 14.7 Å². The van der Waals surface area contributed by atoms with Gasteiger partial charge in [0.2, 0.25) is 0 Å². The minimum absolute atomic E-state index is 0.496. The SMILES string of the molecule is CCCCCCCCCCCC1=N/C(=C/c2[nH]c(-c3ccc[nH]3)c(C#N)c2OCC)C=C1. The highest BCUT2D eigenvalue weighted by molar-refractivity contribution is 5.99. The zero-order chi connectivity index (χ0) is 22.6. The summed E-state index contributed by atoms with van der Waals surface area (Å²) >= 11 is 0. The molecule has 1 aliphatic rings. The number of nitrogens with zero attached hydrogens (tertiary/aromatic N) is 2. The van der Waals surface area contributed by atoms with Crippen LogP contribution in [0.2, 0.25) is 0 Å². The molecule has 0 aromatic carbocycles. The summed E-state index contributed by atoms with van der Waals surface area (Å²) in [5.41, 5.74) is 4.93. The Morgan fingerprint density at radius 1 is 1.03 bits per heavy atom. The number of hydrogen-bond acceptors (Lipinski definition) is 3. The van der Waals surface area contributed by atoms with Crippen LogP contribution in [-0.4, -0.2) is 22.3 Å². The predicted molar refractivity (Wildman–Crippen MR) is 133 cm³/mol. The molecule has 2 aromatic heterocycles. The first-order chi connectivity index (χ1) is 15.8. The summed E-state index contributed by atoms with van der Waals surface area (Å²) in [4.78, 5) is 11.3. The van der Waals surface area contributed by atoms with Gasteiger partial charge in [0.25, 0.3) is 0 Å². The number of nitrogens with one attached hydrogen (secondary N) is 2. The van der Waals surface area contributed by atoms with Crippen molar-refractivity contribution in [2.75, 3.05) is 6.61 Å². The van der Waals surface area contributed by atoms with Crippen molar-refractivity contribution in [3.63, 3.8) is 0 Å². The Hall–Kier alpha value is -3.00. The van der Waals surface area contributed by atoms with E-state index < -0.39 is 0 Å². The second-order valence-corrected chi connectivity index (χ2v) is 8.33. The first kappa shape index (κ1) is 23.7. The van der Waals surface area contributed by atoms with Crippen LogP contribution in [0.25, 0.3) is 17.5 Å². The third kappa shape index (κ3) is 6.50. The van der Waals surface area contributed by atoms with Crippen LogP contribution in [-0.2, 0) is 0 Å². The summed E-state index contributed by atoms with van der Waals surface area (Å²) in [6.45, 7) is 4.69. The number of nitriles is 1. The number of rotatable bonds is 14. The van der Waals surface area contributed by atoms with Crippen LogP contribution >= 0.6 is 0 Å². The van der Waals surface area contributed by atoms with Gasteiger partial charge in [0, 0.05) is 11.9 Å². The number of hydrogen-bond donors (Lipinski definition) is 2. The summed E-state index contributed by atoms with van der Waals surface area (Å²) in [7, 11) is 0. The summed E-state index contributed by atoms with van der Waals surface area (Å²) in [5.74, 6) is 0.586. The molecule has 2 N–H and O–H groups in total. The van der Waals surface area contributed by atoms with E-state index >= 15 is 0 Å². The van der Waals surface area contributed by atoms with Crippen molar-refractivity contribution >= 4 is 11.8 Å². The van der Waals surface area contributed by atoms with E-state index in [0.29, 0.717) is 17.9 Å². The molecule has 0 bridgehead atoms. The average Bonchev–Trinajstić information content (AvgIpc) is 3.54. The Labute approximate surface area is 192 Å². The van der Waals surface area contributed by atoms with Crippen molar-refractivity contribution in [2.24, 2.45) is 4.99 Å². The van der Waals surface area contributed by atoms with Crippen molar-refractivity contribution in [1.82, 2.24) is 9.97 Å². The molecular formula is C27H36N4O. The molecule has 1 aliphatic heterocycles. The maximum Gasteiger partial charge on any atom is 0.162 e. The number of ether oxygens (including phenoxy) is 1. The fourth-order valence-corrected chi connectivity index (χ4v) is 4.10. The van der Waals surface area contributed by atoms with Crippen LogP contribution in [0.1, 0.15) is 89.3 Å². The summed E-state index contributed by atoms with van der Waals surface area (Å²) in [6, 6.07) is 6.15. The molecule has 5 heteroatoms. The number of unbranched alkanes of at least 4 members (excludes halogenated alkanes) is 8. The van der Waals surface area contributed by atoms with Crippen molar-refractivity contribution in [2.45, 2.75) is 78.1 Å². The van der Waals surface area contributed by atoms with Gasteiger partial charge in [-0.1, -0.05) is 58.3 Å². The Kier molecular flexibility index (Phi) is 9.43. The lowest BCUT2D eigenvalue weighted by molar-refractivity contribution is 0.339. The van der Waals surface area contributed by atoms with Crippen molar-refractivity contribution < 1.29 is 4.74 Å². The van der Waals surface area contributed by atoms with E-state index in [0.717, 1.165) is 34.9 Å². The lowest BCUT2D eigenvalue weighted by Gasteiger charge is -2.03. The van der Waals surface area contributed by atoms with Crippen molar-refractivity contribution in [3.8, 4) is 23.2 Å². The van der Waals surface area contributed by atoms with E-state index in [4.69, 9.17) is 9.73 Å². The first-order valence-corrected chi connectivity index (χ1v) is 12.2. The third-order valence-corrected chi connectivity index (χ3v) is 5.80. The van der Waals surface area contributed by atoms with E-state index in [1.165, 1.54) is 57.8 Å². The predicted octanol–water partition coefficient (Wildman–Crippen LogP) is 7.55. The van der Waals surface area contributed by atoms with Crippen molar-refractivity contribution in [1.29, 1.82) is 5.26 Å². The highest BCUT2D eigenvalue weighted by Crippen LogP contribution is 2.34. The fraction of sp³-hybridized carbons (Fsp3) is 0.481. The van der Waals surface area contributed by atoms with E-state index in [2.05, 4.69) is 29.0 Å². The first-order valence-electron chi connectivity index (χ1n) is 12.2. The van der Waals surface area contributed by atoms with Crippen LogP contribution < -0.4 is 4.74 Å². The second-order valence-electron chi connectivity index (χ2n) is 8.33. The van der Waals surface area contributed by atoms with Gasteiger partial charge in [0.05, 0.1) is 29.4 Å². The Morgan fingerprint density at radius 3 is 2.44 bits per heavy atom. The number of aromatic nitrogens is 2. The summed E-state index contributed by atoms with van der Waals surface area (Å²) < 4.78 is 5.82. The molecule has 0 saturated heterocycles. The number of aliphatic imine (C=N–C) groups is 1. The van der Waals surface area contributed by atoms with Gasteiger partial charge in [0.15, 0.2) is 5.75 Å². The van der Waals surface area contributed by atoms with Crippen molar-refractivity contribution in [3.05, 3.63) is 47.4 Å². The van der Waals surface area contributed by atoms with E-state index in [9.17, 15) is 5.26 Å². The zero-order valence-electron chi connectivity index (χ0n) is 19.5. The van der Waals surface area contributed by atoms with E-state index in [-0.39, 0.29) is 0 Å². The lowest BCUT2D eigenvalue weighted by atomic mass is 10.1. The lowest BCUT2D eigenvalue weighted by Crippen LogP contribution is -1.94. The standard InChI is InChI=1S/C27H36N4O/c1-3-5-6-7-8-9-10-11-12-14-21-16-17-22(30-21)19-25-27(32-4-2)23(20-28)26(31-25)24-15-13-18-29-24/h13,15-19,29,31H,3-12,14H2,1-2H3/b22-19+. The Balaban J connectivity index is 1.57. The molecule has 0 amide bonds. The van der Waals surface area contributed by atoms with Gasteiger partial charge in [-0.3, -0.25) is 4.99 Å². The van der Waals surface area contributed by atoms with Crippen LogP contribution in [0.5, 0.6) is 5.75 Å². The van der Waals surface area contributed by atoms with Gasteiger partial charge in [0.1, 0.15) is 11.6 Å². The van der Waals surface area contributed by atoms with E-state index in [1.54, 1.807) is 0 Å². The Bertz CT molecular complexity index is 970. The summed E-state index contributed by atoms with van der Waals surface area (Å²) in [6.07, 6.45) is 21.0. The van der Waals surface area contributed by atoms with E-state index in [1.807, 2.05) is 37.4 Å². The van der Waals surface area contributed by atoms with Gasteiger partial charge >= 0.3 is 0 Å². The molecule has 0 saturated carbocycles. The van der Waals surface area contributed by atoms with Gasteiger partial charge in [-0.25, -0.2) is 0 Å². The topological polar surface area (TPSA) is 77.0 Å². The molecule has 32 heavy (non-hydrogen) atoms. The van der Waals surface area contributed by atoms with Crippen LogP contribution in [0.3, 0.4) is 0 Å². The number of allylic oxidation sites excluding steroid dienone is 2. The normalized spacial score (nSPS) is 14.2. The molecule has 2 aromatic rings. The monoisotopic (exact) mass is 432 g/mol. The van der Waals surface area contributed by atoms with Gasteiger partial charge in [-0.05, 0) is 50.1 Å². The molecule has 0 aliphatic carbocycles.